The normalized spacial score (nSPS) is 11.3. The Labute approximate surface area is 132 Å². The zero-order chi connectivity index (χ0) is 15.6. The fourth-order valence-corrected chi connectivity index (χ4v) is 2.48. The molecule has 1 N–H and O–H groups in total. The van der Waals surface area contributed by atoms with Gasteiger partial charge >= 0.3 is 0 Å². The first-order chi connectivity index (χ1) is 10.3. The Morgan fingerprint density at radius 2 is 1.14 bits per heavy atom. The summed E-state index contributed by atoms with van der Waals surface area (Å²) in [4.78, 5) is 10.8. The molecule has 0 aliphatic carbocycles. The summed E-state index contributed by atoms with van der Waals surface area (Å²) in [5.41, 5.74) is 0. The number of carbonyl (C=O) groups excluding carboxylic acids is 1. The molecule has 0 aliphatic heterocycles. The minimum atomic E-state index is 0.325. The highest BCUT2D eigenvalue weighted by atomic mass is 16.2. The van der Waals surface area contributed by atoms with Gasteiger partial charge in [0.2, 0.25) is 0 Å². The van der Waals surface area contributed by atoms with Gasteiger partial charge < -0.3 is 9.90 Å². The van der Waals surface area contributed by atoms with Crippen LogP contribution < -0.4 is 0 Å². The zero-order valence-corrected chi connectivity index (χ0v) is 14.1. The summed E-state index contributed by atoms with van der Waals surface area (Å²) < 4.78 is 0. The fourth-order valence-electron chi connectivity index (χ4n) is 2.48. The molecule has 0 atom stereocenters. The zero-order valence-electron chi connectivity index (χ0n) is 14.1. The quantitative estimate of drug-likeness (QED) is 0.298. The molecule has 0 radical (unpaired) electrons. The Balaban J connectivity index is 3.07. The second-order valence-corrected chi connectivity index (χ2v) is 6.11. The lowest BCUT2D eigenvalue weighted by Crippen LogP contribution is -1.89. The van der Waals surface area contributed by atoms with Gasteiger partial charge in [0.1, 0.15) is 5.78 Å². The number of hydrogen-bond donors (Lipinski definition) is 1. The lowest BCUT2D eigenvalue weighted by Gasteiger charge is -1.99. The van der Waals surface area contributed by atoms with Gasteiger partial charge in [-0.1, -0.05) is 57.1 Å². The standard InChI is InChI=1S/C19H36O2/c1-19(21)17-15-13-11-9-7-5-3-2-4-6-8-10-12-14-16-18-20/h2-3,20H,4-18H2,1H3/b3-2+. The van der Waals surface area contributed by atoms with E-state index >= 15 is 0 Å². The summed E-state index contributed by atoms with van der Waals surface area (Å²) in [6.07, 6.45) is 21.4. The summed E-state index contributed by atoms with van der Waals surface area (Å²) in [5.74, 6) is 0.325. The van der Waals surface area contributed by atoms with E-state index in [0.29, 0.717) is 12.4 Å². The van der Waals surface area contributed by atoms with Crippen LogP contribution in [0, 0.1) is 0 Å². The maximum Gasteiger partial charge on any atom is 0.129 e. The van der Waals surface area contributed by atoms with Crippen LogP contribution in [-0.2, 0) is 4.79 Å². The van der Waals surface area contributed by atoms with Crippen LogP contribution in [0.2, 0.25) is 0 Å². The summed E-state index contributed by atoms with van der Waals surface area (Å²) in [5, 5.41) is 8.67. The molecule has 0 spiro atoms. The molecule has 124 valence electrons. The Hall–Kier alpha value is -0.630. The summed E-state index contributed by atoms with van der Waals surface area (Å²) in [7, 11) is 0. The molecule has 0 amide bonds. The Kier molecular flexibility index (Phi) is 16.9. The lowest BCUT2D eigenvalue weighted by molar-refractivity contribution is -0.117. The van der Waals surface area contributed by atoms with Crippen molar-refractivity contribution in [3.8, 4) is 0 Å². The van der Waals surface area contributed by atoms with Gasteiger partial charge in [-0.05, 0) is 45.4 Å². The van der Waals surface area contributed by atoms with Crippen LogP contribution in [-0.4, -0.2) is 17.5 Å². The van der Waals surface area contributed by atoms with Crippen molar-refractivity contribution in [2.45, 2.75) is 96.8 Å². The number of Topliss-reactive ketones (excluding diaryl/α,β-unsaturated/α-hetero) is 1. The van der Waals surface area contributed by atoms with Crippen molar-refractivity contribution in [3.05, 3.63) is 12.2 Å². The van der Waals surface area contributed by atoms with E-state index in [1.54, 1.807) is 6.92 Å². The van der Waals surface area contributed by atoms with Crippen molar-refractivity contribution in [1.82, 2.24) is 0 Å². The second kappa shape index (κ2) is 17.4. The second-order valence-electron chi connectivity index (χ2n) is 6.11. The third-order valence-corrected chi connectivity index (χ3v) is 3.85. The van der Waals surface area contributed by atoms with Crippen molar-refractivity contribution < 1.29 is 9.90 Å². The largest absolute Gasteiger partial charge is 0.396 e. The van der Waals surface area contributed by atoms with Gasteiger partial charge in [0.25, 0.3) is 0 Å². The minimum absolute atomic E-state index is 0.325. The molecule has 2 heteroatoms. The highest BCUT2D eigenvalue weighted by Gasteiger charge is 1.94. The molecule has 0 saturated carbocycles. The van der Waals surface area contributed by atoms with Crippen LogP contribution in [0.4, 0.5) is 0 Å². The molecular weight excluding hydrogens is 260 g/mol. The van der Waals surface area contributed by atoms with Crippen LogP contribution >= 0.6 is 0 Å². The molecule has 21 heavy (non-hydrogen) atoms. The molecule has 0 aromatic heterocycles. The number of ketones is 1. The number of hydrogen-bond acceptors (Lipinski definition) is 2. The third-order valence-electron chi connectivity index (χ3n) is 3.85. The number of allylic oxidation sites excluding steroid dienone is 2. The van der Waals surface area contributed by atoms with E-state index in [-0.39, 0.29) is 0 Å². The summed E-state index contributed by atoms with van der Waals surface area (Å²) in [6, 6.07) is 0. The highest BCUT2D eigenvalue weighted by Crippen LogP contribution is 2.09. The molecule has 0 fully saturated rings. The molecule has 0 bridgehead atoms. The number of aliphatic hydroxyl groups is 1. The van der Waals surface area contributed by atoms with Gasteiger partial charge in [-0.3, -0.25) is 0 Å². The molecule has 0 saturated heterocycles. The Bertz CT molecular complexity index is 246. The first kappa shape index (κ1) is 20.4. The van der Waals surface area contributed by atoms with E-state index in [1.807, 2.05) is 0 Å². The van der Waals surface area contributed by atoms with Gasteiger partial charge in [0.05, 0.1) is 0 Å². The van der Waals surface area contributed by atoms with Gasteiger partial charge in [0, 0.05) is 13.0 Å². The first-order valence-electron chi connectivity index (χ1n) is 9.02. The van der Waals surface area contributed by atoms with E-state index in [9.17, 15) is 4.79 Å². The Morgan fingerprint density at radius 3 is 1.62 bits per heavy atom. The van der Waals surface area contributed by atoms with Crippen LogP contribution in [0.25, 0.3) is 0 Å². The molecule has 0 aromatic rings. The maximum atomic E-state index is 10.8. The third kappa shape index (κ3) is 19.4. The number of unbranched alkanes of at least 4 members (excludes halogenated alkanes) is 11. The van der Waals surface area contributed by atoms with Crippen molar-refractivity contribution in [2.75, 3.05) is 6.61 Å². The maximum absolute atomic E-state index is 10.8. The van der Waals surface area contributed by atoms with E-state index in [0.717, 1.165) is 19.3 Å². The predicted octanol–water partition coefficient (Wildman–Crippen LogP) is 5.59. The molecule has 0 unspecified atom stereocenters. The topological polar surface area (TPSA) is 37.3 Å². The van der Waals surface area contributed by atoms with Gasteiger partial charge in [0.15, 0.2) is 0 Å². The average Bonchev–Trinajstić information content (AvgIpc) is 2.46. The van der Waals surface area contributed by atoms with Crippen molar-refractivity contribution in [2.24, 2.45) is 0 Å². The van der Waals surface area contributed by atoms with Crippen LogP contribution in [0.15, 0.2) is 12.2 Å². The number of rotatable bonds is 16. The first-order valence-corrected chi connectivity index (χ1v) is 9.02. The van der Waals surface area contributed by atoms with E-state index in [4.69, 9.17) is 5.11 Å². The molecule has 0 aliphatic rings. The SMILES string of the molecule is CC(=O)CCCCCCC/C=C/CCCCCCCCO. The molecule has 0 aromatic carbocycles. The summed E-state index contributed by atoms with van der Waals surface area (Å²) in [6.45, 7) is 2.03. The minimum Gasteiger partial charge on any atom is -0.396 e. The molecule has 0 heterocycles. The van der Waals surface area contributed by atoms with Gasteiger partial charge in [-0.15, -0.1) is 0 Å². The van der Waals surface area contributed by atoms with Gasteiger partial charge in [-0.2, -0.15) is 0 Å². The number of carbonyl (C=O) groups is 1. The highest BCUT2D eigenvalue weighted by molar-refractivity contribution is 5.75. The number of aliphatic hydroxyl groups excluding tert-OH is 1. The van der Waals surface area contributed by atoms with Crippen molar-refractivity contribution >= 4 is 5.78 Å². The van der Waals surface area contributed by atoms with Crippen LogP contribution in [0.5, 0.6) is 0 Å². The fraction of sp³-hybridized carbons (Fsp3) is 0.842. The van der Waals surface area contributed by atoms with Gasteiger partial charge in [-0.25, -0.2) is 0 Å². The smallest absolute Gasteiger partial charge is 0.129 e. The van der Waals surface area contributed by atoms with E-state index in [2.05, 4.69) is 12.2 Å². The predicted molar refractivity (Wildman–Crippen MR) is 91.5 cm³/mol. The van der Waals surface area contributed by atoms with Crippen molar-refractivity contribution in [3.63, 3.8) is 0 Å². The van der Waals surface area contributed by atoms with Crippen LogP contribution in [0.1, 0.15) is 96.8 Å². The van der Waals surface area contributed by atoms with Crippen LogP contribution in [0.3, 0.4) is 0 Å². The lowest BCUT2D eigenvalue weighted by atomic mass is 10.1. The average molecular weight is 296 g/mol. The van der Waals surface area contributed by atoms with E-state index in [1.165, 1.54) is 70.6 Å². The monoisotopic (exact) mass is 296 g/mol. The molecular formula is C19H36O2. The Morgan fingerprint density at radius 1 is 0.714 bits per heavy atom. The molecule has 0 rings (SSSR count). The van der Waals surface area contributed by atoms with Crippen molar-refractivity contribution in [1.29, 1.82) is 0 Å². The summed E-state index contributed by atoms with van der Waals surface area (Å²) >= 11 is 0. The molecule has 2 nitrogen and oxygen atoms in total. The van der Waals surface area contributed by atoms with E-state index < -0.39 is 0 Å².